The second-order valence-electron chi connectivity index (χ2n) is 5.18. The summed E-state index contributed by atoms with van der Waals surface area (Å²) in [5, 5.41) is 2.73. The largest absolute Gasteiger partial charge is 0.336 e. The number of carbonyl (C=O) groups excluding carboxylic acids is 1. The van der Waals surface area contributed by atoms with E-state index in [2.05, 4.69) is 4.98 Å². The van der Waals surface area contributed by atoms with Gasteiger partial charge in [-0.05, 0) is 42.6 Å². The molecule has 0 bridgehead atoms. The molecule has 0 aliphatic carbocycles. The zero-order valence-electron chi connectivity index (χ0n) is 12.7. The maximum Gasteiger partial charge on any atom is 0.265 e. The molecule has 2 aromatic heterocycles. The van der Waals surface area contributed by atoms with Crippen molar-refractivity contribution in [3.05, 3.63) is 63.0 Å². The van der Waals surface area contributed by atoms with Gasteiger partial charge in [-0.1, -0.05) is 6.07 Å². The Morgan fingerprint density at radius 3 is 2.65 bits per heavy atom. The predicted molar refractivity (Wildman–Crippen MR) is 92.4 cm³/mol. The summed E-state index contributed by atoms with van der Waals surface area (Å²) >= 11 is 2.98. The van der Waals surface area contributed by atoms with Crippen LogP contribution in [0.1, 0.15) is 20.2 Å². The molecule has 0 aliphatic rings. The van der Waals surface area contributed by atoms with Crippen LogP contribution in [0.5, 0.6) is 0 Å². The first-order chi connectivity index (χ1) is 11.0. The van der Waals surface area contributed by atoms with Crippen LogP contribution in [0.3, 0.4) is 0 Å². The van der Waals surface area contributed by atoms with E-state index in [0.29, 0.717) is 17.1 Å². The molecular weight excluding hydrogens is 331 g/mol. The molecule has 1 amide bonds. The van der Waals surface area contributed by atoms with Crippen molar-refractivity contribution in [1.29, 1.82) is 0 Å². The van der Waals surface area contributed by atoms with Gasteiger partial charge in [0.1, 0.15) is 15.7 Å². The third kappa shape index (κ3) is 3.48. The molecule has 3 aromatic rings. The Labute approximate surface area is 142 Å². The number of halogens is 1. The monoisotopic (exact) mass is 346 g/mol. The van der Waals surface area contributed by atoms with Gasteiger partial charge in [-0.2, -0.15) is 0 Å². The van der Waals surface area contributed by atoms with Crippen LogP contribution in [0.15, 0.2) is 41.8 Å². The smallest absolute Gasteiger partial charge is 0.265 e. The van der Waals surface area contributed by atoms with E-state index in [1.807, 2.05) is 24.4 Å². The molecule has 0 saturated heterocycles. The highest BCUT2D eigenvalue weighted by atomic mass is 32.1. The number of aromatic nitrogens is 1. The molecule has 3 nitrogen and oxygen atoms in total. The summed E-state index contributed by atoms with van der Waals surface area (Å²) in [6.07, 6.45) is 0. The van der Waals surface area contributed by atoms with E-state index in [0.717, 1.165) is 15.4 Å². The number of hydrogen-bond donors (Lipinski definition) is 0. The number of nitrogens with zero attached hydrogens (tertiary/aromatic N) is 2. The first-order valence-corrected chi connectivity index (χ1v) is 8.75. The van der Waals surface area contributed by atoms with Gasteiger partial charge >= 0.3 is 0 Å². The minimum Gasteiger partial charge on any atom is -0.336 e. The average Bonchev–Trinajstić information content (AvgIpc) is 3.17. The lowest BCUT2D eigenvalue weighted by Gasteiger charge is -2.15. The zero-order chi connectivity index (χ0) is 16.4. The second-order valence-corrected chi connectivity index (χ2v) is 7.21. The molecule has 0 radical (unpaired) electrons. The number of hydrogen-bond acceptors (Lipinski definition) is 4. The molecule has 0 spiro atoms. The van der Waals surface area contributed by atoms with Gasteiger partial charge in [0.2, 0.25) is 0 Å². The third-order valence-electron chi connectivity index (χ3n) is 3.40. The maximum absolute atomic E-state index is 13.0. The van der Waals surface area contributed by atoms with Gasteiger partial charge in [-0.15, -0.1) is 22.7 Å². The summed E-state index contributed by atoms with van der Waals surface area (Å²) < 4.78 is 13.0. The highest BCUT2D eigenvalue weighted by Gasteiger charge is 2.20. The van der Waals surface area contributed by atoms with Crippen LogP contribution in [-0.4, -0.2) is 22.8 Å². The number of amides is 1. The van der Waals surface area contributed by atoms with Crippen LogP contribution in [0.2, 0.25) is 0 Å². The number of rotatable bonds is 4. The maximum atomic E-state index is 13.0. The van der Waals surface area contributed by atoms with Crippen LogP contribution >= 0.6 is 22.7 Å². The summed E-state index contributed by atoms with van der Waals surface area (Å²) in [4.78, 5) is 20.6. The lowest BCUT2D eigenvalue weighted by atomic mass is 10.2. The molecule has 0 saturated carbocycles. The van der Waals surface area contributed by atoms with Gasteiger partial charge in [0.25, 0.3) is 5.91 Å². The lowest BCUT2D eigenvalue weighted by Crippen LogP contribution is -2.25. The van der Waals surface area contributed by atoms with Gasteiger partial charge in [0.15, 0.2) is 0 Å². The van der Waals surface area contributed by atoms with E-state index in [9.17, 15) is 9.18 Å². The van der Waals surface area contributed by atoms with Crippen LogP contribution in [0.25, 0.3) is 10.6 Å². The van der Waals surface area contributed by atoms with Gasteiger partial charge in [-0.25, -0.2) is 9.37 Å². The number of benzene rings is 1. The van der Waals surface area contributed by atoms with Crippen molar-refractivity contribution in [2.24, 2.45) is 0 Å². The fraction of sp³-hybridized carbons (Fsp3) is 0.176. The van der Waals surface area contributed by atoms with Crippen molar-refractivity contribution >= 4 is 28.6 Å². The molecule has 6 heteroatoms. The first-order valence-electron chi connectivity index (χ1n) is 7.06. The zero-order valence-corrected chi connectivity index (χ0v) is 14.4. The molecule has 0 fully saturated rings. The normalized spacial score (nSPS) is 10.7. The molecule has 0 N–H and O–H groups in total. The third-order valence-corrected chi connectivity index (χ3v) is 5.46. The minimum absolute atomic E-state index is 0.0400. The van der Waals surface area contributed by atoms with Gasteiger partial charge < -0.3 is 4.90 Å². The van der Waals surface area contributed by atoms with E-state index in [1.54, 1.807) is 35.4 Å². The quantitative estimate of drug-likeness (QED) is 0.692. The number of thiophene rings is 1. The molecule has 23 heavy (non-hydrogen) atoms. The Bertz CT molecular complexity index is 810. The lowest BCUT2D eigenvalue weighted by molar-refractivity contribution is 0.0790. The molecule has 0 aliphatic heterocycles. The number of aryl methyl sites for hydroxylation is 1. The molecule has 2 heterocycles. The van der Waals surface area contributed by atoms with Crippen LogP contribution in [0.4, 0.5) is 4.39 Å². The molecule has 1 aromatic carbocycles. The summed E-state index contributed by atoms with van der Waals surface area (Å²) in [6, 6.07) is 10.1. The molecule has 3 rings (SSSR count). The highest BCUT2D eigenvalue weighted by Crippen LogP contribution is 2.29. The van der Waals surface area contributed by atoms with Crippen LogP contribution in [-0.2, 0) is 6.54 Å². The molecular formula is C17H15FN2OS2. The van der Waals surface area contributed by atoms with Crippen LogP contribution in [0, 0.1) is 12.7 Å². The summed E-state index contributed by atoms with van der Waals surface area (Å²) in [5.41, 5.74) is 1.52. The minimum atomic E-state index is -0.283. The highest BCUT2D eigenvalue weighted by molar-refractivity contribution is 7.17. The average molecular weight is 346 g/mol. The summed E-state index contributed by atoms with van der Waals surface area (Å²) in [6.45, 7) is 2.41. The molecule has 0 unspecified atom stereocenters. The van der Waals surface area contributed by atoms with E-state index in [4.69, 9.17) is 0 Å². The topological polar surface area (TPSA) is 33.2 Å². The van der Waals surface area contributed by atoms with Crippen molar-refractivity contribution in [1.82, 2.24) is 9.88 Å². The van der Waals surface area contributed by atoms with Crippen molar-refractivity contribution in [3.63, 3.8) is 0 Å². The van der Waals surface area contributed by atoms with E-state index in [-0.39, 0.29) is 11.7 Å². The van der Waals surface area contributed by atoms with Crippen molar-refractivity contribution in [2.75, 3.05) is 7.05 Å². The Kier molecular flexibility index (Phi) is 4.54. The van der Waals surface area contributed by atoms with Gasteiger partial charge in [0.05, 0.1) is 12.2 Å². The van der Waals surface area contributed by atoms with Gasteiger partial charge in [0, 0.05) is 17.5 Å². The van der Waals surface area contributed by atoms with Crippen molar-refractivity contribution in [3.8, 4) is 10.6 Å². The Hall–Kier alpha value is -2.05. The Balaban J connectivity index is 1.82. The number of thiazole rings is 1. The summed E-state index contributed by atoms with van der Waals surface area (Å²) in [7, 11) is 1.79. The SMILES string of the molecule is Cc1nc(-c2ccc(F)cc2)sc1C(=O)N(C)Cc1cccs1. The second kappa shape index (κ2) is 6.60. The van der Waals surface area contributed by atoms with Crippen molar-refractivity contribution < 1.29 is 9.18 Å². The fourth-order valence-electron chi connectivity index (χ4n) is 2.19. The number of carbonyl (C=O) groups is 1. The van der Waals surface area contributed by atoms with Crippen molar-refractivity contribution in [2.45, 2.75) is 13.5 Å². The Morgan fingerprint density at radius 1 is 1.26 bits per heavy atom. The molecule has 0 atom stereocenters. The fourth-order valence-corrected chi connectivity index (χ4v) is 4.02. The van der Waals surface area contributed by atoms with E-state index < -0.39 is 0 Å². The Morgan fingerprint density at radius 2 is 2.00 bits per heavy atom. The van der Waals surface area contributed by atoms with Gasteiger partial charge in [-0.3, -0.25) is 4.79 Å². The van der Waals surface area contributed by atoms with Crippen LogP contribution < -0.4 is 0 Å². The van der Waals surface area contributed by atoms with E-state index in [1.165, 1.54) is 23.5 Å². The predicted octanol–water partition coefficient (Wildman–Crippen LogP) is 4.59. The first kappa shape index (κ1) is 15.8. The standard InChI is InChI=1S/C17H15FN2OS2/c1-11-15(17(21)20(2)10-14-4-3-9-22-14)23-16(19-11)12-5-7-13(18)8-6-12/h3-9H,10H2,1-2H3. The van der Waals surface area contributed by atoms with E-state index >= 15 is 0 Å². The molecule has 118 valence electrons. The summed E-state index contributed by atoms with van der Waals surface area (Å²) in [5.74, 6) is -0.323.